The fourth-order valence-electron chi connectivity index (χ4n) is 2.57. The van der Waals surface area contributed by atoms with Gasteiger partial charge in [-0.15, -0.1) is 0 Å². The van der Waals surface area contributed by atoms with E-state index in [4.69, 9.17) is 11.6 Å². The van der Waals surface area contributed by atoms with Gasteiger partial charge in [-0.3, -0.25) is 10.00 Å². The Morgan fingerprint density at radius 1 is 1.45 bits per heavy atom. The summed E-state index contributed by atoms with van der Waals surface area (Å²) in [6.45, 7) is 2.20. The Bertz CT molecular complexity index is 615. The molecule has 0 saturated heterocycles. The minimum absolute atomic E-state index is 0.0586. The number of H-pyrrole nitrogens is 1. The van der Waals surface area contributed by atoms with E-state index in [0.29, 0.717) is 17.3 Å². The van der Waals surface area contributed by atoms with Crippen molar-refractivity contribution in [3.05, 3.63) is 51.6 Å². The maximum absolute atomic E-state index is 13.0. The van der Waals surface area contributed by atoms with Gasteiger partial charge < -0.3 is 5.11 Å². The third kappa shape index (κ3) is 2.57. The fourth-order valence-corrected chi connectivity index (χ4v) is 2.79. The van der Waals surface area contributed by atoms with Gasteiger partial charge in [-0.2, -0.15) is 5.10 Å². The molecule has 6 heteroatoms. The molecule has 20 heavy (non-hydrogen) atoms. The van der Waals surface area contributed by atoms with Gasteiger partial charge in [0.1, 0.15) is 5.82 Å². The van der Waals surface area contributed by atoms with E-state index in [0.717, 1.165) is 36.3 Å². The van der Waals surface area contributed by atoms with Gasteiger partial charge >= 0.3 is 0 Å². The van der Waals surface area contributed by atoms with Gasteiger partial charge in [-0.05, 0) is 17.7 Å². The molecule has 0 fully saturated rings. The third-order valence-electron chi connectivity index (χ3n) is 3.66. The zero-order valence-corrected chi connectivity index (χ0v) is 11.6. The summed E-state index contributed by atoms with van der Waals surface area (Å²) in [5, 5.41) is 16.8. The zero-order chi connectivity index (χ0) is 14.1. The SMILES string of the molecule is OCc1n[nH]c2c1CN(Cc1ccc(F)cc1Cl)CC2. The Morgan fingerprint density at radius 3 is 3.05 bits per heavy atom. The van der Waals surface area contributed by atoms with Crippen LogP contribution >= 0.6 is 11.6 Å². The van der Waals surface area contributed by atoms with E-state index < -0.39 is 0 Å². The molecule has 1 aromatic heterocycles. The molecule has 0 unspecified atom stereocenters. The van der Waals surface area contributed by atoms with Crippen molar-refractivity contribution in [2.24, 2.45) is 0 Å². The van der Waals surface area contributed by atoms with E-state index >= 15 is 0 Å². The van der Waals surface area contributed by atoms with Crippen LogP contribution in [0.15, 0.2) is 18.2 Å². The molecule has 4 nitrogen and oxygen atoms in total. The highest BCUT2D eigenvalue weighted by molar-refractivity contribution is 6.31. The van der Waals surface area contributed by atoms with Crippen LogP contribution in [-0.4, -0.2) is 26.7 Å². The number of nitrogens with zero attached hydrogens (tertiary/aromatic N) is 2. The van der Waals surface area contributed by atoms with E-state index in [2.05, 4.69) is 15.1 Å². The van der Waals surface area contributed by atoms with Crippen LogP contribution in [0.3, 0.4) is 0 Å². The number of nitrogens with one attached hydrogen (secondary N) is 1. The Labute approximate surface area is 121 Å². The van der Waals surface area contributed by atoms with E-state index in [-0.39, 0.29) is 12.4 Å². The van der Waals surface area contributed by atoms with Gasteiger partial charge in [0.15, 0.2) is 0 Å². The van der Waals surface area contributed by atoms with Crippen molar-refractivity contribution in [1.29, 1.82) is 0 Å². The number of halogens is 2. The van der Waals surface area contributed by atoms with Crippen LogP contribution in [-0.2, 0) is 26.1 Å². The molecular weight excluding hydrogens is 281 g/mol. The number of aliphatic hydroxyl groups excluding tert-OH is 1. The second-order valence-corrected chi connectivity index (χ2v) is 5.39. The third-order valence-corrected chi connectivity index (χ3v) is 4.01. The molecule has 2 N–H and O–H groups in total. The zero-order valence-electron chi connectivity index (χ0n) is 10.9. The van der Waals surface area contributed by atoms with E-state index in [1.165, 1.54) is 12.1 Å². The fraction of sp³-hybridized carbons (Fsp3) is 0.357. The lowest BCUT2D eigenvalue weighted by Crippen LogP contribution is -2.30. The molecule has 0 bridgehead atoms. The quantitative estimate of drug-likeness (QED) is 0.913. The minimum Gasteiger partial charge on any atom is -0.390 e. The van der Waals surface area contributed by atoms with Gasteiger partial charge in [0.05, 0.1) is 12.3 Å². The second-order valence-electron chi connectivity index (χ2n) is 4.98. The number of aliphatic hydroxyl groups is 1. The molecule has 0 saturated carbocycles. The Hall–Kier alpha value is -1.43. The molecule has 3 rings (SSSR count). The molecule has 2 heterocycles. The summed E-state index contributed by atoms with van der Waals surface area (Å²) in [4.78, 5) is 2.22. The largest absolute Gasteiger partial charge is 0.390 e. The molecular formula is C14H15ClFN3O. The van der Waals surface area contributed by atoms with Crippen molar-refractivity contribution in [2.75, 3.05) is 6.54 Å². The minimum atomic E-state index is -0.322. The van der Waals surface area contributed by atoms with E-state index in [9.17, 15) is 9.50 Å². The van der Waals surface area contributed by atoms with Crippen molar-refractivity contribution in [1.82, 2.24) is 15.1 Å². The van der Waals surface area contributed by atoms with Gasteiger partial charge in [-0.1, -0.05) is 17.7 Å². The molecule has 0 spiro atoms. The predicted molar refractivity (Wildman–Crippen MR) is 73.7 cm³/mol. The first-order chi connectivity index (χ1) is 9.67. The van der Waals surface area contributed by atoms with Gasteiger partial charge in [-0.25, -0.2) is 4.39 Å². The molecule has 0 atom stereocenters. The lowest BCUT2D eigenvalue weighted by atomic mass is 10.0. The number of aromatic amines is 1. The molecule has 106 valence electrons. The van der Waals surface area contributed by atoms with E-state index in [1.807, 2.05) is 0 Å². The molecule has 0 aliphatic carbocycles. The maximum Gasteiger partial charge on any atom is 0.124 e. The van der Waals surface area contributed by atoms with Crippen LogP contribution in [0.2, 0.25) is 5.02 Å². The van der Waals surface area contributed by atoms with Crippen molar-refractivity contribution in [2.45, 2.75) is 26.1 Å². The first kappa shape index (κ1) is 13.5. The number of rotatable bonds is 3. The standard InChI is InChI=1S/C14H15ClFN3O/c15-12-5-10(16)2-1-9(12)6-19-4-3-13-11(7-19)14(8-20)18-17-13/h1-2,5,20H,3-4,6-8H2,(H,17,18). The number of benzene rings is 1. The summed E-state index contributed by atoms with van der Waals surface area (Å²) in [7, 11) is 0. The van der Waals surface area contributed by atoms with Crippen molar-refractivity contribution >= 4 is 11.6 Å². The number of hydrogen-bond acceptors (Lipinski definition) is 3. The first-order valence-corrected chi connectivity index (χ1v) is 6.87. The number of fused-ring (bicyclic) bond motifs is 1. The first-order valence-electron chi connectivity index (χ1n) is 6.49. The van der Waals surface area contributed by atoms with Crippen molar-refractivity contribution in [3.63, 3.8) is 0 Å². The van der Waals surface area contributed by atoms with Crippen molar-refractivity contribution in [3.8, 4) is 0 Å². The monoisotopic (exact) mass is 295 g/mol. The Balaban J connectivity index is 1.77. The summed E-state index contributed by atoms with van der Waals surface area (Å²) >= 11 is 6.06. The molecule has 2 aromatic rings. The van der Waals surface area contributed by atoms with Gasteiger partial charge in [0, 0.05) is 42.3 Å². The molecule has 1 aliphatic heterocycles. The van der Waals surface area contributed by atoms with Crippen LogP contribution in [0.4, 0.5) is 4.39 Å². The summed E-state index contributed by atoms with van der Waals surface area (Å²) in [5.74, 6) is -0.322. The smallest absolute Gasteiger partial charge is 0.124 e. The van der Waals surface area contributed by atoms with Gasteiger partial charge in [0.2, 0.25) is 0 Å². The number of aromatic nitrogens is 2. The van der Waals surface area contributed by atoms with Gasteiger partial charge in [0.25, 0.3) is 0 Å². The summed E-state index contributed by atoms with van der Waals surface area (Å²) in [5.41, 5.74) is 3.77. The predicted octanol–water partition coefficient (Wildman–Crippen LogP) is 2.25. The normalized spacial score (nSPS) is 15.3. The van der Waals surface area contributed by atoms with Crippen LogP contribution in [0.1, 0.15) is 22.5 Å². The highest BCUT2D eigenvalue weighted by Crippen LogP contribution is 2.24. The van der Waals surface area contributed by atoms with Crippen LogP contribution < -0.4 is 0 Å². The molecule has 0 radical (unpaired) electrons. The maximum atomic E-state index is 13.0. The molecule has 0 amide bonds. The highest BCUT2D eigenvalue weighted by Gasteiger charge is 2.22. The van der Waals surface area contributed by atoms with Crippen molar-refractivity contribution < 1.29 is 9.50 Å². The molecule has 1 aliphatic rings. The molecule has 1 aromatic carbocycles. The highest BCUT2D eigenvalue weighted by atomic mass is 35.5. The lowest BCUT2D eigenvalue weighted by Gasteiger charge is -2.27. The number of hydrogen-bond donors (Lipinski definition) is 2. The summed E-state index contributed by atoms with van der Waals surface area (Å²) in [6, 6.07) is 4.48. The van der Waals surface area contributed by atoms with Crippen LogP contribution in [0.5, 0.6) is 0 Å². The average Bonchev–Trinajstić information content (AvgIpc) is 2.84. The second kappa shape index (κ2) is 5.52. The van der Waals surface area contributed by atoms with Crippen LogP contribution in [0.25, 0.3) is 0 Å². The summed E-state index contributed by atoms with van der Waals surface area (Å²) < 4.78 is 13.0. The summed E-state index contributed by atoms with van der Waals surface area (Å²) in [6.07, 6.45) is 0.862. The van der Waals surface area contributed by atoms with E-state index in [1.54, 1.807) is 6.07 Å². The topological polar surface area (TPSA) is 52.2 Å². The lowest BCUT2D eigenvalue weighted by molar-refractivity contribution is 0.237. The van der Waals surface area contributed by atoms with Crippen LogP contribution in [0, 0.1) is 5.82 Å². The Morgan fingerprint density at radius 2 is 2.30 bits per heavy atom. The average molecular weight is 296 g/mol. The Kier molecular flexibility index (Phi) is 3.74.